The predicted molar refractivity (Wildman–Crippen MR) is 102 cm³/mol. The van der Waals surface area contributed by atoms with E-state index in [2.05, 4.69) is 5.32 Å². The molecule has 1 amide bonds. The summed E-state index contributed by atoms with van der Waals surface area (Å²) in [5, 5.41) is 3.19. The molecule has 1 heterocycles. The van der Waals surface area contributed by atoms with E-state index < -0.39 is 0 Å². The monoisotopic (exact) mass is 360 g/mol. The van der Waals surface area contributed by atoms with Crippen molar-refractivity contribution in [3.8, 4) is 5.75 Å². The van der Waals surface area contributed by atoms with E-state index in [-0.39, 0.29) is 18.3 Å². The highest BCUT2D eigenvalue weighted by Crippen LogP contribution is 2.21. The molecule has 1 atom stereocenters. The molecule has 0 radical (unpaired) electrons. The summed E-state index contributed by atoms with van der Waals surface area (Å²) < 4.78 is 5.82. The lowest BCUT2D eigenvalue weighted by molar-refractivity contribution is 0.0786. The van der Waals surface area contributed by atoms with Crippen molar-refractivity contribution in [3.63, 3.8) is 0 Å². The first-order valence-electron chi connectivity index (χ1n) is 8.47. The second kappa shape index (κ2) is 9.44. The quantitative estimate of drug-likeness (QED) is 0.858. The number of carbonyl (C=O) groups is 1. The second-order valence-corrected chi connectivity index (χ2v) is 6.27. The highest BCUT2D eigenvalue weighted by atomic mass is 35.5. The summed E-state index contributed by atoms with van der Waals surface area (Å²) in [6, 6.07) is 17.5. The summed E-state index contributed by atoms with van der Waals surface area (Å²) >= 11 is 0. The topological polar surface area (TPSA) is 41.6 Å². The summed E-state index contributed by atoms with van der Waals surface area (Å²) in [7, 11) is 1.96. The van der Waals surface area contributed by atoms with Crippen molar-refractivity contribution in [1.29, 1.82) is 0 Å². The minimum Gasteiger partial charge on any atom is -0.489 e. The van der Waals surface area contributed by atoms with Gasteiger partial charge in [-0.2, -0.15) is 0 Å². The third-order valence-corrected chi connectivity index (χ3v) is 4.40. The highest BCUT2D eigenvalue weighted by molar-refractivity contribution is 5.94. The molecule has 0 saturated carbocycles. The first-order chi connectivity index (χ1) is 11.8. The Morgan fingerprint density at radius 3 is 2.76 bits per heavy atom. The summed E-state index contributed by atoms with van der Waals surface area (Å²) in [4.78, 5) is 14.6. The second-order valence-electron chi connectivity index (χ2n) is 6.27. The predicted octanol–water partition coefficient (Wildman–Crippen LogP) is 3.37. The van der Waals surface area contributed by atoms with Crippen LogP contribution in [0.2, 0.25) is 0 Å². The van der Waals surface area contributed by atoms with Gasteiger partial charge in [-0.25, -0.2) is 0 Å². The molecular formula is C20H25ClN2O2. The fourth-order valence-corrected chi connectivity index (χ4v) is 3.11. The maximum absolute atomic E-state index is 12.7. The minimum absolute atomic E-state index is 0. The zero-order chi connectivity index (χ0) is 16.8. The van der Waals surface area contributed by atoms with Gasteiger partial charge in [-0.15, -0.1) is 12.4 Å². The van der Waals surface area contributed by atoms with Gasteiger partial charge in [0.2, 0.25) is 0 Å². The van der Waals surface area contributed by atoms with Crippen molar-refractivity contribution < 1.29 is 9.53 Å². The molecule has 1 aliphatic heterocycles. The van der Waals surface area contributed by atoms with Crippen LogP contribution in [0.3, 0.4) is 0 Å². The fraction of sp³-hybridized carbons (Fsp3) is 0.350. The summed E-state index contributed by atoms with van der Waals surface area (Å²) in [6.07, 6.45) is 1.07. The Morgan fingerprint density at radius 2 is 2.00 bits per heavy atom. The lowest BCUT2D eigenvalue weighted by atomic mass is 10.1. The number of halogens is 1. The number of amides is 1. The van der Waals surface area contributed by atoms with E-state index >= 15 is 0 Å². The lowest BCUT2D eigenvalue weighted by Crippen LogP contribution is -2.30. The van der Waals surface area contributed by atoms with Crippen molar-refractivity contribution in [3.05, 3.63) is 65.7 Å². The highest BCUT2D eigenvalue weighted by Gasteiger charge is 2.26. The van der Waals surface area contributed by atoms with Crippen LogP contribution in [-0.4, -0.2) is 37.5 Å². The van der Waals surface area contributed by atoms with E-state index in [9.17, 15) is 4.79 Å². The van der Waals surface area contributed by atoms with Gasteiger partial charge in [0.25, 0.3) is 5.91 Å². The average molecular weight is 361 g/mol. The molecule has 2 aromatic rings. The van der Waals surface area contributed by atoms with Gasteiger partial charge in [0.05, 0.1) is 0 Å². The largest absolute Gasteiger partial charge is 0.489 e. The van der Waals surface area contributed by atoms with E-state index in [0.717, 1.165) is 37.4 Å². The molecule has 0 bridgehead atoms. The number of likely N-dealkylation sites (tertiary alicyclic amines) is 1. The number of nitrogens with one attached hydrogen (secondary N) is 1. The zero-order valence-electron chi connectivity index (χ0n) is 14.5. The molecule has 1 unspecified atom stereocenters. The van der Waals surface area contributed by atoms with E-state index in [0.29, 0.717) is 18.1 Å². The van der Waals surface area contributed by atoms with Crippen LogP contribution in [0.25, 0.3) is 0 Å². The first kappa shape index (κ1) is 19.3. The number of ether oxygens (including phenoxy) is 1. The summed E-state index contributed by atoms with van der Waals surface area (Å²) in [5.74, 6) is 1.38. The van der Waals surface area contributed by atoms with Gasteiger partial charge in [0, 0.05) is 18.7 Å². The van der Waals surface area contributed by atoms with Crippen LogP contribution >= 0.6 is 12.4 Å². The minimum atomic E-state index is 0. The maximum Gasteiger partial charge on any atom is 0.253 e. The molecule has 1 fully saturated rings. The van der Waals surface area contributed by atoms with E-state index in [1.54, 1.807) is 0 Å². The Labute approximate surface area is 155 Å². The van der Waals surface area contributed by atoms with Crippen LogP contribution in [0.5, 0.6) is 5.75 Å². The molecule has 134 valence electrons. The molecular weight excluding hydrogens is 336 g/mol. The Morgan fingerprint density at radius 1 is 1.20 bits per heavy atom. The van der Waals surface area contributed by atoms with Crippen molar-refractivity contribution in [2.45, 2.75) is 13.0 Å². The zero-order valence-corrected chi connectivity index (χ0v) is 15.3. The Bertz CT molecular complexity index is 678. The molecule has 0 spiro atoms. The molecule has 1 aliphatic rings. The van der Waals surface area contributed by atoms with Gasteiger partial charge in [0.1, 0.15) is 12.4 Å². The van der Waals surface area contributed by atoms with Crippen molar-refractivity contribution in [2.24, 2.45) is 5.92 Å². The third-order valence-electron chi connectivity index (χ3n) is 4.40. The standard InChI is InChI=1S/C20H24N2O2.ClH/c1-21-13-17-10-11-22(14-17)20(23)18-8-5-9-19(12-18)24-15-16-6-3-2-4-7-16;/h2-9,12,17,21H,10-11,13-15H2,1H3;1H. The van der Waals surface area contributed by atoms with Gasteiger partial charge in [-0.1, -0.05) is 36.4 Å². The normalized spacial score (nSPS) is 16.4. The van der Waals surface area contributed by atoms with Crippen LogP contribution in [-0.2, 0) is 6.61 Å². The van der Waals surface area contributed by atoms with Crippen LogP contribution < -0.4 is 10.1 Å². The molecule has 0 aromatic heterocycles. The molecule has 0 aliphatic carbocycles. The Kier molecular flexibility index (Phi) is 7.29. The van der Waals surface area contributed by atoms with Crippen LogP contribution in [0.15, 0.2) is 54.6 Å². The maximum atomic E-state index is 12.7. The molecule has 3 rings (SSSR count). The number of benzene rings is 2. The van der Waals surface area contributed by atoms with Gasteiger partial charge in [-0.3, -0.25) is 4.79 Å². The Balaban J connectivity index is 0.00000225. The molecule has 5 heteroatoms. The lowest BCUT2D eigenvalue weighted by Gasteiger charge is -2.17. The Hall–Kier alpha value is -2.04. The number of nitrogens with zero attached hydrogens (tertiary/aromatic N) is 1. The number of rotatable bonds is 6. The number of hydrogen-bond donors (Lipinski definition) is 1. The van der Waals surface area contributed by atoms with E-state index in [1.807, 2.05) is 66.5 Å². The molecule has 1 saturated heterocycles. The van der Waals surface area contributed by atoms with Crippen LogP contribution in [0.1, 0.15) is 22.3 Å². The summed E-state index contributed by atoms with van der Waals surface area (Å²) in [5.41, 5.74) is 1.81. The first-order valence-corrected chi connectivity index (χ1v) is 8.47. The molecule has 4 nitrogen and oxygen atoms in total. The van der Waals surface area contributed by atoms with E-state index in [4.69, 9.17) is 4.74 Å². The number of carbonyl (C=O) groups excluding carboxylic acids is 1. The van der Waals surface area contributed by atoms with Gasteiger partial charge < -0.3 is 15.0 Å². The van der Waals surface area contributed by atoms with Crippen molar-refractivity contribution in [1.82, 2.24) is 10.2 Å². The van der Waals surface area contributed by atoms with Gasteiger partial charge >= 0.3 is 0 Å². The third kappa shape index (κ3) is 5.21. The number of hydrogen-bond acceptors (Lipinski definition) is 3. The fourth-order valence-electron chi connectivity index (χ4n) is 3.11. The van der Waals surface area contributed by atoms with Crippen LogP contribution in [0.4, 0.5) is 0 Å². The van der Waals surface area contributed by atoms with Crippen molar-refractivity contribution in [2.75, 3.05) is 26.7 Å². The molecule has 1 N–H and O–H groups in total. The molecule has 2 aromatic carbocycles. The summed E-state index contributed by atoms with van der Waals surface area (Å²) in [6.45, 7) is 3.13. The van der Waals surface area contributed by atoms with Crippen molar-refractivity contribution >= 4 is 18.3 Å². The van der Waals surface area contributed by atoms with E-state index in [1.165, 1.54) is 0 Å². The smallest absolute Gasteiger partial charge is 0.253 e. The van der Waals surface area contributed by atoms with Gasteiger partial charge in [0.15, 0.2) is 0 Å². The SMILES string of the molecule is CNCC1CCN(C(=O)c2cccc(OCc3ccccc3)c2)C1.Cl. The van der Waals surface area contributed by atoms with Gasteiger partial charge in [-0.05, 0) is 49.7 Å². The molecule has 25 heavy (non-hydrogen) atoms. The van der Waals surface area contributed by atoms with Crippen LogP contribution in [0, 0.1) is 5.92 Å². The average Bonchev–Trinajstić information content (AvgIpc) is 3.09.